The third-order valence-electron chi connectivity index (χ3n) is 3.28. The number of carboxylic acids is 4. The minimum Gasteiger partial charge on any atom is -0.481 e. The van der Waals surface area contributed by atoms with Gasteiger partial charge in [-0.05, 0) is 26.7 Å². The lowest BCUT2D eigenvalue weighted by Crippen LogP contribution is -2.15. The molecule has 0 amide bonds. The summed E-state index contributed by atoms with van der Waals surface area (Å²) in [4.78, 5) is 84.9. The molecule has 0 spiro atoms. The third-order valence-corrected chi connectivity index (χ3v) is 3.28. The molecular formula is C20H24O14. The molecule has 0 aliphatic rings. The van der Waals surface area contributed by atoms with Crippen LogP contribution in [-0.4, -0.2) is 68.2 Å². The largest absolute Gasteiger partial charge is 0.481 e. The average Bonchev–Trinajstić information content (AvgIpc) is 2.66. The van der Waals surface area contributed by atoms with E-state index in [0.29, 0.717) is 12.2 Å². The zero-order valence-electron chi connectivity index (χ0n) is 18.3. The number of carboxylic acid groups (broad SMARTS) is 4. The Balaban J connectivity index is 0. The van der Waals surface area contributed by atoms with E-state index < -0.39 is 47.8 Å². The lowest BCUT2D eigenvalue weighted by atomic mass is 10.2. The minimum absolute atomic E-state index is 0.108. The summed E-state index contributed by atoms with van der Waals surface area (Å²) in [6, 6.07) is 0. The van der Waals surface area contributed by atoms with Crippen molar-refractivity contribution in [3.05, 3.63) is 23.3 Å². The van der Waals surface area contributed by atoms with Crippen LogP contribution in [0.4, 0.5) is 0 Å². The van der Waals surface area contributed by atoms with Crippen molar-refractivity contribution >= 4 is 47.8 Å². The van der Waals surface area contributed by atoms with E-state index in [1.54, 1.807) is 0 Å². The summed E-state index contributed by atoms with van der Waals surface area (Å²) < 4.78 is 8.58. The summed E-state index contributed by atoms with van der Waals surface area (Å²) in [6.07, 6.45) is 0.753. The fourth-order valence-electron chi connectivity index (χ4n) is 1.73. The Morgan fingerprint density at radius 2 is 0.882 bits per heavy atom. The van der Waals surface area contributed by atoms with Gasteiger partial charge in [0.05, 0.1) is 0 Å². The number of ether oxygens (including phenoxy) is 2. The number of esters is 4. The van der Waals surface area contributed by atoms with Crippen LogP contribution in [0.15, 0.2) is 23.3 Å². The van der Waals surface area contributed by atoms with Crippen LogP contribution in [0, 0.1) is 0 Å². The molecule has 0 aliphatic carbocycles. The third kappa shape index (κ3) is 19.6. The maximum Gasteiger partial charge on any atom is 0.341 e. The number of carbonyl (C=O) groups is 8. The number of hydrogen-bond donors (Lipinski definition) is 4. The molecule has 0 bridgehead atoms. The molecule has 0 saturated heterocycles. The van der Waals surface area contributed by atoms with Crippen molar-refractivity contribution in [3.63, 3.8) is 0 Å². The molecule has 14 nitrogen and oxygen atoms in total. The molecule has 14 heteroatoms. The van der Waals surface area contributed by atoms with E-state index in [1.807, 2.05) is 0 Å². The first-order chi connectivity index (χ1) is 15.6. The van der Waals surface area contributed by atoms with E-state index in [9.17, 15) is 38.4 Å². The highest BCUT2D eigenvalue weighted by Crippen LogP contribution is 2.03. The van der Waals surface area contributed by atoms with Gasteiger partial charge in [0, 0.05) is 49.0 Å². The first-order valence-electron chi connectivity index (χ1n) is 9.41. The van der Waals surface area contributed by atoms with Gasteiger partial charge in [0.1, 0.15) is 0 Å². The maximum atomic E-state index is 11.1. The van der Waals surface area contributed by atoms with Gasteiger partial charge in [0.25, 0.3) is 0 Å². The summed E-state index contributed by atoms with van der Waals surface area (Å²) in [5.41, 5.74) is -0.567. The summed E-state index contributed by atoms with van der Waals surface area (Å²) in [5, 5.41) is 33.3. The second-order valence-electron chi connectivity index (χ2n) is 6.35. The molecule has 0 aromatic heterocycles. The zero-order chi connectivity index (χ0) is 26.8. The standard InChI is InChI=1S/C10H10O7.C10H14O7/c1-5(3-7(11)12)9(15)17-10(16)6(2)4-8(13)14;11-7(12)3-1-5-9(15)17-10(16)6-2-4-8(13)14/h3-4H,1-2H3,(H,11,12)(H,13,14);1-6H2,(H,11,12)(H,13,14)/b5-3-,6-4-;. The first kappa shape index (κ1) is 31.8. The molecule has 0 atom stereocenters. The van der Waals surface area contributed by atoms with Crippen molar-refractivity contribution in [2.24, 2.45) is 0 Å². The summed E-state index contributed by atoms with van der Waals surface area (Å²) in [5.74, 6) is -8.62. The van der Waals surface area contributed by atoms with Gasteiger partial charge < -0.3 is 29.9 Å². The molecule has 34 heavy (non-hydrogen) atoms. The normalized spacial score (nSPS) is 10.8. The van der Waals surface area contributed by atoms with Crippen LogP contribution in [0.3, 0.4) is 0 Å². The van der Waals surface area contributed by atoms with E-state index in [-0.39, 0.29) is 49.7 Å². The minimum atomic E-state index is -1.36. The van der Waals surface area contributed by atoms with Gasteiger partial charge in [0.15, 0.2) is 0 Å². The molecular weight excluding hydrogens is 464 g/mol. The summed E-state index contributed by atoms with van der Waals surface area (Å²) in [6.45, 7) is 2.31. The Bertz CT molecular complexity index is 808. The molecule has 0 radical (unpaired) electrons. The van der Waals surface area contributed by atoms with Gasteiger partial charge in [-0.3, -0.25) is 19.2 Å². The Hall–Kier alpha value is -4.36. The predicted octanol–water partition coefficient (Wildman–Crippen LogP) is 0.684. The van der Waals surface area contributed by atoms with Crippen molar-refractivity contribution in [2.75, 3.05) is 0 Å². The SMILES string of the molecule is C/C(=C/C(=O)O)C(=O)OC(=O)/C(C)=C\C(=O)O.O=C(O)CCCC(=O)OC(=O)CCCC(=O)O. The van der Waals surface area contributed by atoms with Gasteiger partial charge in [-0.25, -0.2) is 19.2 Å². The maximum absolute atomic E-state index is 11.1. The van der Waals surface area contributed by atoms with Crippen molar-refractivity contribution in [1.29, 1.82) is 0 Å². The summed E-state index contributed by atoms with van der Waals surface area (Å²) in [7, 11) is 0. The fourth-order valence-corrected chi connectivity index (χ4v) is 1.73. The Labute approximate surface area is 192 Å². The quantitative estimate of drug-likeness (QED) is 0.168. The number of carbonyl (C=O) groups excluding carboxylic acids is 4. The molecule has 0 fully saturated rings. The van der Waals surface area contributed by atoms with E-state index in [2.05, 4.69) is 9.47 Å². The molecule has 0 saturated carbocycles. The number of hydrogen-bond acceptors (Lipinski definition) is 10. The topological polar surface area (TPSA) is 236 Å². The van der Waals surface area contributed by atoms with Gasteiger partial charge >= 0.3 is 47.8 Å². The van der Waals surface area contributed by atoms with Crippen LogP contribution >= 0.6 is 0 Å². The van der Waals surface area contributed by atoms with Crippen molar-refractivity contribution in [2.45, 2.75) is 52.4 Å². The summed E-state index contributed by atoms with van der Waals surface area (Å²) >= 11 is 0. The van der Waals surface area contributed by atoms with Crippen molar-refractivity contribution in [3.8, 4) is 0 Å². The molecule has 0 aromatic carbocycles. The monoisotopic (exact) mass is 488 g/mol. The fraction of sp³-hybridized carbons (Fsp3) is 0.400. The lowest BCUT2D eigenvalue weighted by Gasteiger charge is -2.01. The first-order valence-corrected chi connectivity index (χ1v) is 9.41. The van der Waals surface area contributed by atoms with Gasteiger partial charge in [-0.15, -0.1) is 0 Å². The van der Waals surface area contributed by atoms with E-state index in [4.69, 9.17) is 20.4 Å². The predicted molar refractivity (Wildman–Crippen MR) is 108 cm³/mol. The smallest absolute Gasteiger partial charge is 0.341 e. The van der Waals surface area contributed by atoms with Crippen LogP contribution in [0.5, 0.6) is 0 Å². The lowest BCUT2D eigenvalue weighted by molar-refractivity contribution is -0.160. The van der Waals surface area contributed by atoms with Crippen LogP contribution in [0.2, 0.25) is 0 Å². The zero-order valence-corrected chi connectivity index (χ0v) is 18.3. The van der Waals surface area contributed by atoms with E-state index in [1.165, 1.54) is 0 Å². The Morgan fingerprint density at radius 1 is 0.559 bits per heavy atom. The van der Waals surface area contributed by atoms with E-state index >= 15 is 0 Å². The number of rotatable bonds is 12. The Kier molecular flexibility index (Phi) is 16.1. The average molecular weight is 488 g/mol. The van der Waals surface area contributed by atoms with Crippen molar-refractivity contribution < 1.29 is 68.3 Å². The molecule has 4 N–H and O–H groups in total. The highest BCUT2D eigenvalue weighted by Gasteiger charge is 2.15. The second kappa shape index (κ2) is 17.2. The van der Waals surface area contributed by atoms with Crippen LogP contribution < -0.4 is 0 Å². The molecule has 0 rings (SSSR count). The second-order valence-corrected chi connectivity index (χ2v) is 6.35. The van der Waals surface area contributed by atoms with Crippen LogP contribution in [-0.2, 0) is 47.8 Å². The molecule has 0 aliphatic heterocycles. The van der Waals surface area contributed by atoms with E-state index in [0.717, 1.165) is 13.8 Å². The Morgan fingerprint density at radius 3 is 1.15 bits per heavy atom. The molecule has 0 aromatic rings. The molecule has 0 unspecified atom stereocenters. The highest BCUT2D eigenvalue weighted by atomic mass is 16.6. The molecule has 188 valence electrons. The molecule has 0 heterocycles. The van der Waals surface area contributed by atoms with Gasteiger partial charge in [-0.2, -0.15) is 0 Å². The van der Waals surface area contributed by atoms with Crippen molar-refractivity contribution in [1.82, 2.24) is 0 Å². The highest BCUT2D eigenvalue weighted by molar-refractivity contribution is 6.05. The van der Waals surface area contributed by atoms with Crippen LogP contribution in [0.25, 0.3) is 0 Å². The number of aliphatic carboxylic acids is 4. The van der Waals surface area contributed by atoms with Gasteiger partial charge in [0.2, 0.25) is 0 Å². The van der Waals surface area contributed by atoms with Crippen LogP contribution in [0.1, 0.15) is 52.4 Å². The van der Waals surface area contributed by atoms with Gasteiger partial charge in [-0.1, -0.05) is 0 Å².